The van der Waals surface area contributed by atoms with Gasteiger partial charge in [0.2, 0.25) is 5.37 Å². The van der Waals surface area contributed by atoms with E-state index in [9.17, 15) is 23.7 Å². The van der Waals surface area contributed by atoms with Gasteiger partial charge in [-0.05, 0) is 23.3 Å². The van der Waals surface area contributed by atoms with Crippen LogP contribution < -0.4 is 0 Å². The fraction of sp³-hybridized carbons (Fsp3) is 0.294. The summed E-state index contributed by atoms with van der Waals surface area (Å²) in [6.07, 6.45) is 0. The molecule has 1 aromatic carbocycles. The molecule has 0 aromatic heterocycles. The molecule has 27 heavy (non-hydrogen) atoms. The van der Waals surface area contributed by atoms with E-state index in [2.05, 4.69) is 15.9 Å². The van der Waals surface area contributed by atoms with Crippen LogP contribution in [0.15, 0.2) is 35.5 Å². The van der Waals surface area contributed by atoms with Crippen LogP contribution in [0.5, 0.6) is 0 Å². The van der Waals surface area contributed by atoms with Crippen LogP contribution in [0.3, 0.4) is 0 Å². The number of ether oxygens (including phenoxy) is 1. The maximum Gasteiger partial charge on any atom is 0.355 e. The van der Waals surface area contributed by atoms with Crippen molar-refractivity contribution in [2.75, 3.05) is 18.2 Å². The third kappa shape index (κ3) is 2.40. The van der Waals surface area contributed by atoms with Gasteiger partial charge in [-0.3, -0.25) is 24.2 Å². The molecule has 0 spiro atoms. The summed E-state index contributed by atoms with van der Waals surface area (Å²) in [5, 5.41) is -0.714. The fourth-order valence-electron chi connectivity index (χ4n) is 3.58. The number of carbonyl (C=O) groups is 4. The molecule has 0 unspecified atom stereocenters. The first-order valence-corrected chi connectivity index (χ1v) is 10.5. The van der Waals surface area contributed by atoms with Crippen LogP contribution in [0.25, 0.3) is 0 Å². The summed E-state index contributed by atoms with van der Waals surface area (Å²) in [5.74, 6) is -2.49. The van der Waals surface area contributed by atoms with Crippen LogP contribution in [0.4, 0.5) is 0 Å². The summed E-state index contributed by atoms with van der Waals surface area (Å²) >= 11 is 1.66. The second-order valence-electron chi connectivity index (χ2n) is 6.17. The number of alkyl halides is 1. The molecule has 0 saturated carbocycles. The van der Waals surface area contributed by atoms with Crippen molar-refractivity contribution in [3.05, 3.63) is 46.7 Å². The average molecular weight is 453 g/mol. The number of rotatable bonds is 3. The van der Waals surface area contributed by atoms with Gasteiger partial charge in [0.25, 0.3) is 17.7 Å². The van der Waals surface area contributed by atoms with E-state index in [4.69, 9.17) is 4.74 Å². The van der Waals surface area contributed by atoms with Crippen LogP contribution >= 0.6 is 15.9 Å². The predicted molar refractivity (Wildman–Crippen MR) is 97.2 cm³/mol. The molecule has 1 fully saturated rings. The summed E-state index contributed by atoms with van der Waals surface area (Å²) in [7, 11) is 1.19. The van der Waals surface area contributed by atoms with Crippen molar-refractivity contribution in [3.8, 4) is 0 Å². The number of carbonyl (C=O) groups excluding carboxylic acids is 4. The summed E-state index contributed by atoms with van der Waals surface area (Å²) in [4.78, 5) is 52.3. The minimum Gasteiger partial charge on any atom is -0.614 e. The van der Waals surface area contributed by atoms with Crippen LogP contribution in [0, 0.1) is 0 Å². The Kier molecular flexibility index (Phi) is 4.36. The number of imide groups is 1. The van der Waals surface area contributed by atoms with E-state index >= 15 is 0 Å². The molecule has 3 aliphatic heterocycles. The average Bonchev–Trinajstić information content (AvgIpc) is 2.92. The van der Waals surface area contributed by atoms with Gasteiger partial charge in [-0.1, -0.05) is 28.1 Å². The molecule has 1 aromatic rings. The Morgan fingerprint density at radius 1 is 1.22 bits per heavy atom. The van der Waals surface area contributed by atoms with Gasteiger partial charge in [0.15, 0.2) is 6.04 Å². The molecule has 140 valence electrons. The lowest BCUT2D eigenvalue weighted by Gasteiger charge is -2.50. The number of esters is 1. The number of methoxy groups -OCH3 is 1. The lowest BCUT2D eigenvalue weighted by Crippen LogP contribution is -2.75. The van der Waals surface area contributed by atoms with Crippen molar-refractivity contribution < 1.29 is 28.5 Å². The summed E-state index contributed by atoms with van der Waals surface area (Å²) < 4.78 is 17.5. The largest absolute Gasteiger partial charge is 0.614 e. The maximum atomic E-state index is 12.9. The van der Waals surface area contributed by atoms with Crippen LogP contribution in [-0.4, -0.2) is 67.7 Å². The number of nitrogens with zero attached hydrogens (tertiary/aromatic N) is 2. The lowest BCUT2D eigenvalue weighted by molar-refractivity contribution is -0.153. The van der Waals surface area contributed by atoms with Gasteiger partial charge in [-0.15, -0.1) is 0 Å². The molecular formula is C17H13BrN2O6S. The molecule has 0 bridgehead atoms. The SMILES string of the molecule is COC(=O)C1=C(CBr)C[S@@+]([O-])[C@@H]2[C@H](N3C(=O)c4ccccc4C3=O)C(=O)N12. The van der Waals surface area contributed by atoms with Gasteiger partial charge >= 0.3 is 5.97 Å². The Hall–Kier alpha value is -2.17. The monoisotopic (exact) mass is 452 g/mol. The molecule has 3 heterocycles. The van der Waals surface area contributed by atoms with E-state index in [0.717, 1.165) is 9.80 Å². The fourth-order valence-corrected chi connectivity index (χ4v) is 6.03. The van der Waals surface area contributed by atoms with E-state index in [0.29, 0.717) is 5.57 Å². The van der Waals surface area contributed by atoms with Crippen molar-refractivity contribution in [1.82, 2.24) is 9.80 Å². The molecular weight excluding hydrogens is 440 g/mol. The zero-order valence-corrected chi connectivity index (χ0v) is 16.4. The minimum atomic E-state index is -1.58. The standard InChI is InChI=1S/C17H13BrN2O6S/c1-26-17(24)11-8(6-18)7-27(25)16-12(15(23)20(11)16)19-13(21)9-4-2-3-5-10(9)14(19)22/h2-5,12,16H,6-7H2,1H3/t12-,16-,27-/m1/s1. The second-order valence-corrected chi connectivity index (χ2v) is 8.27. The Morgan fingerprint density at radius 3 is 2.33 bits per heavy atom. The van der Waals surface area contributed by atoms with Gasteiger partial charge < -0.3 is 9.29 Å². The molecule has 4 rings (SSSR count). The number of β-lactam (4-membered cyclic amide) rings is 1. The topological polar surface area (TPSA) is 107 Å². The van der Waals surface area contributed by atoms with Crippen molar-refractivity contribution in [2.45, 2.75) is 11.4 Å². The number of hydrogen-bond acceptors (Lipinski definition) is 6. The molecule has 3 atom stereocenters. The molecule has 0 aliphatic carbocycles. The van der Waals surface area contributed by atoms with E-state index < -0.39 is 46.3 Å². The number of fused-ring (bicyclic) bond motifs is 2. The highest BCUT2D eigenvalue weighted by atomic mass is 79.9. The molecule has 8 nitrogen and oxygen atoms in total. The first-order valence-electron chi connectivity index (χ1n) is 7.95. The van der Waals surface area contributed by atoms with E-state index in [1.54, 1.807) is 12.1 Å². The normalized spacial score (nSPS) is 26.8. The van der Waals surface area contributed by atoms with Crippen molar-refractivity contribution in [1.29, 1.82) is 0 Å². The third-order valence-electron chi connectivity index (χ3n) is 4.82. The smallest absolute Gasteiger partial charge is 0.355 e. The Balaban J connectivity index is 1.73. The molecule has 3 amide bonds. The van der Waals surface area contributed by atoms with Crippen LogP contribution in [0.2, 0.25) is 0 Å². The quantitative estimate of drug-likeness (QED) is 0.216. The second kappa shape index (κ2) is 6.47. The number of hydrogen-bond donors (Lipinski definition) is 0. The molecule has 3 aliphatic rings. The van der Waals surface area contributed by atoms with E-state index in [1.807, 2.05) is 0 Å². The number of amides is 3. The first kappa shape index (κ1) is 18.2. The lowest BCUT2D eigenvalue weighted by atomic mass is 10.0. The van der Waals surface area contributed by atoms with Crippen LogP contribution in [0.1, 0.15) is 20.7 Å². The maximum absolute atomic E-state index is 12.9. The molecule has 0 N–H and O–H groups in total. The minimum absolute atomic E-state index is 0.0248. The highest BCUT2D eigenvalue weighted by Gasteiger charge is 2.65. The number of benzene rings is 1. The van der Waals surface area contributed by atoms with Gasteiger partial charge in [0.05, 0.1) is 18.2 Å². The van der Waals surface area contributed by atoms with Gasteiger partial charge in [0, 0.05) is 10.9 Å². The highest BCUT2D eigenvalue weighted by molar-refractivity contribution is 9.09. The molecule has 10 heteroatoms. The van der Waals surface area contributed by atoms with Gasteiger partial charge in [-0.25, -0.2) is 4.79 Å². The van der Waals surface area contributed by atoms with Gasteiger partial charge in [0.1, 0.15) is 11.4 Å². The Morgan fingerprint density at radius 2 is 1.81 bits per heavy atom. The van der Waals surface area contributed by atoms with E-state index in [-0.39, 0.29) is 27.9 Å². The zero-order chi connectivity index (χ0) is 19.5. The highest BCUT2D eigenvalue weighted by Crippen LogP contribution is 2.41. The van der Waals surface area contributed by atoms with Crippen molar-refractivity contribution >= 4 is 50.8 Å². The Bertz CT molecular complexity index is 897. The van der Waals surface area contributed by atoms with Gasteiger partial charge in [-0.2, -0.15) is 0 Å². The van der Waals surface area contributed by atoms with Crippen molar-refractivity contribution in [3.63, 3.8) is 0 Å². The third-order valence-corrected chi connectivity index (χ3v) is 7.14. The summed E-state index contributed by atoms with van der Waals surface area (Å²) in [6.45, 7) is 0. The van der Waals surface area contributed by atoms with E-state index in [1.165, 1.54) is 19.2 Å². The molecule has 0 radical (unpaired) electrons. The molecule has 1 saturated heterocycles. The zero-order valence-electron chi connectivity index (χ0n) is 14.0. The Labute approximate surface area is 165 Å². The van der Waals surface area contributed by atoms with Crippen LogP contribution in [-0.2, 0) is 25.5 Å². The first-order chi connectivity index (χ1) is 12.9. The van der Waals surface area contributed by atoms with Crippen molar-refractivity contribution in [2.24, 2.45) is 0 Å². The predicted octanol–water partition coefficient (Wildman–Crippen LogP) is 0.404. The summed E-state index contributed by atoms with van der Waals surface area (Å²) in [5.41, 5.74) is 0.919. The number of halogens is 1. The summed E-state index contributed by atoms with van der Waals surface area (Å²) in [6, 6.07) is 5.08.